The zero-order valence-corrected chi connectivity index (χ0v) is 30.3. The van der Waals surface area contributed by atoms with Gasteiger partial charge in [0.1, 0.15) is 5.60 Å². The highest BCUT2D eigenvalue weighted by molar-refractivity contribution is 5.72. The fourth-order valence-corrected chi connectivity index (χ4v) is 3.49. The van der Waals surface area contributed by atoms with Crippen LogP contribution in [-0.2, 0) is 52.2 Å². The normalized spacial score (nSPS) is 11.6. The van der Waals surface area contributed by atoms with E-state index in [0.29, 0.717) is 99.0 Å². The van der Waals surface area contributed by atoms with Gasteiger partial charge in [-0.2, -0.15) is 8.78 Å². The summed E-state index contributed by atoms with van der Waals surface area (Å²) in [7, 11) is 1.66. The Morgan fingerprint density at radius 3 is 1.10 bits per heavy atom. The third-order valence-corrected chi connectivity index (χ3v) is 6.09. The van der Waals surface area contributed by atoms with Gasteiger partial charge in [0.25, 0.3) is 0 Å². The number of hydrogen-bond acceptors (Lipinski definition) is 13. The van der Waals surface area contributed by atoms with E-state index in [4.69, 9.17) is 47.4 Å². The fourth-order valence-electron chi connectivity index (χ4n) is 3.49. The molecule has 0 radical (unpaired) electrons. The van der Waals surface area contributed by atoms with Gasteiger partial charge < -0.3 is 57.0 Å². The van der Waals surface area contributed by atoms with Gasteiger partial charge in [-0.3, -0.25) is 4.79 Å². The van der Waals surface area contributed by atoms with E-state index in [1.54, 1.807) is 7.05 Å². The van der Waals surface area contributed by atoms with E-state index in [-0.39, 0.29) is 26.4 Å². The van der Waals surface area contributed by atoms with Gasteiger partial charge in [-0.05, 0) is 20.8 Å². The molecular weight excluding hydrogens is 713 g/mol. The summed E-state index contributed by atoms with van der Waals surface area (Å²) in [6.07, 6.45) is -0.881. The van der Waals surface area contributed by atoms with E-state index in [1.807, 2.05) is 20.8 Å². The summed E-state index contributed by atoms with van der Waals surface area (Å²) in [6.45, 7) is 11.7. The predicted octanol–water partition coefficient (Wildman–Crippen LogP) is 3.69. The van der Waals surface area contributed by atoms with Crippen LogP contribution >= 0.6 is 0 Å². The van der Waals surface area contributed by atoms with E-state index in [2.05, 4.69) is 4.74 Å². The molecule has 0 aliphatic rings. The van der Waals surface area contributed by atoms with E-state index >= 15 is 0 Å². The molecule has 0 bridgehead atoms. The third kappa shape index (κ3) is 23.0. The van der Waals surface area contributed by atoms with Gasteiger partial charge in [0.15, 0.2) is 0 Å². The number of halogens is 5. The number of amides is 1. The van der Waals surface area contributed by atoms with Crippen molar-refractivity contribution in [1.29, 1.82) is 0 Å². The number of carbonyl (C=O) groups excluding carboxylic acids is 2. The molecule has 0 spiro atoms. The second-order valence-electron chi connectivity index (χ2n) is 11.5. The molecule has 1 amide bonds. The molecule has 52 heavy (non-hydrogen) atoms. The maximum absolute atomic E-state index is 13.5. The van der Waals surface area contributed by atoms with Crippen LogP contribution < -0.4 is 4.74 Å². The Morgan fingerprint density at radius 1 is 0.481 bits per heavy atom. The summed E-state index contributed by atoms with van der Waals surface area (Å²) >= 11 is 0. The SMILES string of the molecule is CN(CCOCCOCCOCCOCCOCCOCCOCCOCCOCCC(=O)Oc1c(F)c(F)c(F)c(F)c1F)C(=O)OC(C)(C)C. The number of carbonyl (C=O) groups is 2. The zero-order valence-electron chi connectivity index (χ0n) is 30.3. The van der Waals surface area contributed by atoms with E-state index in [1.165, 1.54) is 4.90 Å². The Bertz CT molecular complexity index is 1100. The van der Waals surface area contributed by atoms with Crippen molar-refractivity contribution >= 4 is 12.1 Å². The molecule has 1 rings (SSSR count). The average molecular weight is 766 g/mol. The van der Waals surface area contributed by atoms with Crippen molar-refractivity contribution in [2.45, 2.75) is 32.8 Å². The van der Waals surface area contributed by atoms with Crippen LogP contribution in [0.5, 0.6) is 5.75 Å². The van der Waals surface area contributed by atoms with Crippen molar-refractivity contribution in [1.82, 2.24) is 4.90 Å². The van der Waals surface area contributed by atoms with Crippen LogP contribution in [0.3, 0.4) is 0 Å². The minimum absolute atomic E-state index is 0.0752. The average Bonchev–Trinajstić information content (AvgIpc) is 3.10. The maximum atomic E-state index is 13.5. The van der Waals surface area contributed by atoms with Crippen LogP contribution in [0.2, 0.25) is 0 Å². The summed E-state index contributed by atoms with van der Waals surface area (Å²) in [4.78, 5) is 25.0. The first-order valence-electron chi connectivity index (χ1n) is 16.7. The van der Waals surface area contributed by atoms with Gasteiger partial charge in [-0.25, -0.2) is 18.0 Å². The zero-order chi connectivity index (χ0) is 38.6. The van der Waals surface area contributed by atoms with Crippen LogP contribution in [0.15, 0.2) is 0 Å². The lowest BCUT2D eigenvalue weighted by Crippen LogP contribution is -2.36. The van der Waals surface area contributed by atoms with Crippen LogP contribution in [-0.4, -0.2) is 155 Å². The van der Waals surface area contributed by atoms with Crippen molar-refractivity contribution in [2.75, 3.05) is 133 Å². The Morgan fingerprint density at radius 2 is 0.769 bits per heavy atom. The molecule has 0 aliphatic carbocycles. The van der Waals surface area contributed by atoms with Gasteiger partial charge in [-0.15, -0.1) is 0 Å². The molecule has 302 valence electrons. The van der Waals surface area contributed by atoms with E-state index < -0.39 is 58.9 Å². The van der Waals surface area contributed by atoms with Crippen LogP contribution in [0, 0.1) is 29.1 Å². The van der Waals surface area contributed by atoms with Crippen molar-refractivity contribution in [3.8, 4) is 5.75 Å². The molecule has 0 atom stereocenters. The van der Waals surface area contributed by atoms with Gasteiger partial charge in [0.2, 0.25) is 34.8 Å². The summed E-state index contributed by atoms with van der Waals surface area (Å²) in [5.74, 6) is -14.2. The number of likely N-dealkylation sites (N-methyl/N-ethyl adjacent to an activating group) is 1. The maximum Gasteiger partial charge on any atom is 0.410 e. The molecule has 0 saturated heterocycles. The second kappa shape index (κ2) is 28.7. The number of nitrogens with zero attached hydrogens (tertiary/aromatic N) is 1. The number of esters is 1. The summed E-state index contributed by atoms with van der Waals surface area (Å²) in [5, 5.41) is 0. The summed E-state index contributed by atoms with van der Waals surface area (Å²) in [5.41, 5.74) is -0.534. The lowest BCUT2D eigenvalue weighted by Gasteiger charge is -2.24. The number of rotatable bonds is 31. The Labute approximate surface area is 300 Å². The third-order valence-electron chi connectivity index (χ3n) is 6.09. The molecule has 0 aromatic heterocycles. The van der Waals surface area contributed by atoms with Crippen molar-refractivity contribution in [3.63, 3.8) is 0 Å². The number of ether oxygens (including phenoxy) is 11. The second-order valence-corrected chi connectivity index (χ2v) is 11.5. The molecule has 1 aromatic rings. The van der Waals surface area contributed by atoms with Gasteiger partial charge in [0.05, 0.1) is 125 Å². The largest absolute Gasteiger partial charge is 0.444 e. The first-order chi connectivity index (χ1) is 24.8. The number of hydrogen-bond donors (Lipinski definition) is 0. The lowest BCUT2D eigenvalue weighted by molar-refractivity contribution is -0.136. The Balaban J connectivity index is 1.77. The number of benzene rings is 1. The molecule has 0 N–H and O–H groups in total. The minimum Gasteiger partial charge on any atom is -0.444 e. The van der Waals surface area contributed by atoms with Crippen LogP contribution in [0.25, 0.3) is 0 Å². The van der Waals surface area contributed by atoms with Gasteiger partial charge >= 0.3 is 12.1 Å². The molecular formula is C33H52F5NO13. The van der Waals surface area contributed by atoms with Crippen molar-refractivity contribution < 1.29 is 83.6 Å². The van der Waals surface area contributed by atoms with Gasteiger partial charge in [0, 0.05) is 13.6 Å². The van der Waals surface area contributed by atoms with E-state index in [0.717, 1.165) is 0 Å². The van der Waals surface area contributed by atoms with E-state index in [9.17, 15) is 31.5 Å². The predicted molar refractivity (Wildman–Crippen MR) is 173 cm³/mol. The Hall–Kier alpha value is -2.75. The topological polar surface area (TPSA) is 139 Å². The first-order valence-corrected chi connectivity index (χ1v) is 16.7. The molecule has 14 nitrogen and oxygen atoms in total. The summed E-state index contributed by atoms with van der Waals surface area (Å²) in [6, 6.07) is 0. The highest BCUT2D eigenvalue weighted by Crippen LogP contribution is 2.29. The molecule has 0 saturated carbocycles. The highest BCUT2D eigenvalue weighted by Gasteiger charge is 2.28. The lowest BCUT2D eigenvalue weighted by atomic mass is 10.2. The molecule has 0 unspecified atom stereocenters. The highest BCUT2D eigenvalue weighted by atomic mass is 19.2. The van der Waals surface area contributed by atoms with Crippen molar-refractivity contribution in [2.24, 2.45) is 0 Å². The molecule has 1 aromatic carbocycles. The van der Waals surface area contributed by atoms with Crippen molar-refractivity contribution in [3.05, 3.63) is 29.1 Å². The smallest absolute Gasteiger partial charge is 0.410 e. The molecule has 19 heteroatoms. The molecule has 0 fully saturated rings. The molecule has 0 heterocycles. The standard InChI is InChI=1S/C33H52F5NO13/c1-33(2,3)52-32(41)39(4)6-8-43-10-12-45-14-16-47-18-20-49-22-24-50-23-21-48-19-17-46-15-13-44-11-9-42-7-5-25(40)51-31-29(37)27(35)26(34)28(36)30(31)38/h5-24H2,1-4H3. The van der Waals surface area contributed by atoms with Crippen LogP contribution in [0.4, 0.5) is 26.7 Å². The monoisotopic (exact) mass is 765 g/mol. The summed E-state index contributed by atoms with van der Waals surface area (Å²) < 4.78 is 124. The minimum atomic E-state index is -2.35. The Kier molecular flexibility index (Phi) is 26.1. The quantitative estimate of drug-likeness (QED) is 0.0272. The van der Waals surface area contributed by atoms with Gasteiger partial charge in [-0.1, -0.05) is 0 Å². The molecule has 0 aliphatic heterocycles. The first kappa shape index (κ1) is 47.3. The van der Waals surface area contributed by atoms with Crippen LogP contribution in [0.1, 0.15) is 27.2 Å². The fraction of sp³-hybridized carbons (Fsp3) is 0.758.